The van der Waals surface area contributed by atoms with E-state index in [1.807, 2.05) is 62.9 Å². The van der Waals surface area contributed by atoms with Crippen molar-refractivity contribution in [1.82, 2.24) is 15.1 Å². The second kappa shape index (κ2) is 10.3. The van der Waals surface area contributed by atoms with Crippen LogP contribution in [0.5, 0.6) is 11.5 Å². The molecule has 8 nitrogen and oxygen atoms in total. The molecule has 1 saturated heterocycles. The molecule has 2 aliphatic heterocycles. The molecule has 1 atom stereocenters. The summed E-state index contributed by atoms with van der Waals surface area (Å²) in [6.07, 6.45) is 0. The van der Waals surface area contributed by atoms with Crippen molar-refractivity contribution in [2.75, 3.05) is 38.3 Å². The molecule has 1 unspecified atom stereocenters. The van der Waals surface area contributed by atoms with Gasteiger partial charge in [0.05, 0.1) is 0 Å². The lowest BCUT2D eigenvalue weighted by Gasteiger charge is -2.37. The number of fused-ring (bicyclic) bond motifs is 1. The zero-order valence-corrected chi connectivity index (χ0v) is 20.4. The summed E-state index contributed by atoms with van der Waals surface area (Å²) < 4.78 is 10.9. The van der Waals surface area contributed by atoms with Crippen molar-refractivity contribution in [1.29, 1.82) is 0 Å². The first-order valence-electron chi connectivity index (χ1n) is 11.8. The van der Waals surface area contributed by atoms with Gasteiger partial charge in [-0.2, -0.15) is 0 Å². The number of urea groups is 1. The number of carbonyl (C=O) groups excluding carboxylic acids is 2. The summed E-state index contributed by atoms with van der Waals surface area (Å²) in [7, 11) is 0. The molecule has 8 heteroatoms. The number of amides is 3. The van der Waals surface area contributed by atoms with Crippen molar-refractivity contribution >= 4 is 17.6 Å². The average Bonchev–Trinajstić information content (AvgIpc) is 3.28. The maximum absolute atomic E-state index is 13.3. The summed E-state index contributed by atoms with van der Waals surface area (Å²) in [5.74, 6) is 1.52. The molecule has 0 aliphatic carbocycles. The second-order valence-corrected chi connectivity index (χ2v) is 9.38. The Hall–Kier alpha value is -3.26. The minimum atomic E-state index is -0.579. The highest BCUT2D eigenvalue weighted by atomic mass is 16.7. The van der Waals surface area contributed by atoms with Gasteiger partial charge in [-0.1, -0.05) is 38.1 Å². The number of piperazine rings is 1. The maximum Gasteiger partial charge on any atom is 0.319 e. The van der Waals surface area contributed by atoms with Crippen LogP contribution in [-0.2, 0) is 11.3 Å². The van der Waals surface area contributed by atoms with E-state index in [0.717, 1.165) is 53.5 Å². The van der Waals surface area contributed by atoms with Gasteiger partial charge >= 0.3 is 6.03 Å². The fourth-order valence-corrected chi connectivity index (χ4v) is 4.44. The molecule has 2 aromatic rings. The van der Waals surface area contributed by atoms with Gasteiger partial charge in [-0.25, -0.2) is 4.79 Å². The SMILES string of the molecule is Cc1cccc(C)c1NC(=O)NC(C(=O)N1CCN(Cc2ccc3c(c2)OCO3)CC1)C(C)C. The zero-order valence-electron chi connectivity index (χ0n) is 20.4. The molecule has 0 spiro atoms. The third-order valence-corrected chi connectivity index (χ3v) is 6.47. The normalized spacial score (nSPS) is 16.4. The molecule has 2 heterocycles. The number of rotatable bonds is 6. The Morgan fingerprint density at radius 3 is 2.32 bits per heavy atom. The van der Waals surface area contributed by atoms with Crippen LogP contribution >= 0.6 is 0 Å². The van der Waals surface area contributed by atoms with E-state index >= 15 is 0 Å². The molecule has 2 aromatic carbocycles. The second-order valence-electron chi connectivity index (χ2n) is 9.38. The lowest BCUT2D eigenvalue weighted by Crippen LogP contribution is -2.56. The Morgan fingerprint density at radius 2 is 1.65 bits per heavy atom. The van der Waals surface area contributed by atoms with Gasteiger partial charge in [0.2, 0.25) is 12.7 Å². The van der Waals surface area contributed by atoms with Crippen LogP contribution in [0, 0.1) is 19.8 Å². The Balaban J connectivity index is 1.31. The predicted molar refractivity (Wildman–Crippen MR) is 131 cm³/mol. The van der Waals surface area contributed by atoms with Gasteiger partial charge in [-0.3, -0.25) is 9.69 Å². The fourth-order valence-electron chi connectivity index (χ4n) is 4.44. The molecular weight excluding hydrogens is 432 g/mol. The Bertz CT molecular complexity index is 1030. The van der Waals surface area contributed by atoms with E-state index in [1.165, 1.54) is 0 Å². The fraction of sp³-hybridized carbons (Fsp3) is 0.462. The number of ether oxygens (including phenoxy) is 2. The van der Waals surface area contributed by atoms with Crippen LogP contribution in [0.2, 0.25) is 0 Å². The summed E-state index contributed by atoms with van der Waals surface area (Å²) in [6, 6.07) is 11.0. The third-order valence-electron chi connectivity index (χ3n) is 6.47. The molecule has 0 saturated carbocycles. The lowest BCUT2D eigenvalue weighted by molar-refractivity contribution is -0.136. The monoisotopic (exact) mass is 466 g/mol. The molecule has 2 N–H and O–H groups in total. The number of para-hydroxylation sites is 1. The van der Waals surface area contributed by atoms with Gasteiger partial charge in [-0.05, 0) is 48.6 Å². The number of nitrogens with zero attached hydrogens (tertiary/aromatic N) is 2. The largest absolute Gasteiger partial charge is 0.454 e. The van der Waals surface area contributed by atoms with Crippen molar-refractivity contribution in [3.8, 4) is 11.5 Å². The third kappa shape index (κ3) is 5.44. The highest BCUT2D eigenvalue weighted by Crippen LogP contribution is 2.32. The van der Waals surface area contributed by atoms with Crippen LogP contribution in [0.4, 0.5) is 10.5 Å². The number of benzene rings is 2. The molecule has 1 fully saturated rings. The summed E-state index contributed by atoms with van der Waals surface area (Å²) in [5, 5.41) is 5.84. The van der Waals surface area contributed by atoms with Crippen LogP contribution < -0.4 is 20.1 Å². The van der Waals surface area contributed by atoms with Crippen LogP contribution in [0.1, 0.15) is 30.5 Å². The summed E-state index contributed by atoms with van der Waals surface area (Å²) >= 11 is 0. The minimum Gasteiger partial charge on any atom is -0.454 e. The van der Waals surface area contributed by atoms with Crippen molar-refractivity contribution < 1.29 is 19.1 Å². The number of hydrogen-bond acceptors (Lipinski definition) is 5. The van der Waals surface area contributed by atoms with Crippen molar-refractivity contribution in [2.24, 2.45) is 5.92 Å². The van der Waals surface area contributed by atoms with Crippen molar-refractivity contribution in [3.05, 3.63) is 53.1 Å². The number of hydrogen-bond donors (Lipinski definition) is 2. The molecule has 4 rings (SSSR count). The van der Waals surface area contributed by atoms with Gasteiger partial charge in [0.15, 0.2) is 11.5 Å². The number of carbonyl (C=O) groups is 2. The van der Waals surface area contributed by atoms with E-state index in [0.29, 0.717) is 13.1 Å². The lowest BCUT2D eigenvalue weighted by atomic mass is 10.0. The molecule has 0 bridgehead atoms. The van der Waals surface area contributed by atoms with E-state index in [9.17, 15) is 9.59 Å². The topological polar surface area (TPSA) is 83.1 Å². The van der Waals surface area contributed by atoms with Crippen LogP contribution in [0.15, 0.2) is 36.4 Å². The Labute approximate surface area is 201 Å². The molecule has 2 aliphatic rings. The minimum absolute atomic E-state index is 0.0251. The van der Waals surface area contributed by atoms with E-state index in [-0.39, 0.29) is 24.6 Å². The highest BCUT2D eigenvalue weighted by Gasteiger charge is 2.31. The first kappa shape index (κ1) is 23.9. The Morgan fingerprint density at radius 1 is 0.971 bits per heavy atom. The first-order valence-corrected chi connectivity index (χ1v) is 11.8. The van der Waals surface area contributed by atoms with Crippen LogP contribution in [-0.4, -0.2) is 60.8 Å². The zero-order chi connectivity index (χ0) is 24.2. The smallest absolute Gasteiger partial charge is 0.319 e. The van der Waals surface area contributed by atoms with Crippen LogP contribution in [0.3, 0.4) is 0 Å². The number of anilines is 1. The molecule has 0 aromatic heterocycles. The quantitative estimate of drug-likeness (QED) is 0.681. The standard InChI is InChI=1S/C26H34N4O4/c1-17(2)23(27-26(32)28-24-18(3)6-5-7-19(24)4)25(31)30-12-10-29(11-13-30)15-20-8-9-21-22(14-20)34-16-33-21/h5-9,14,17,23H,10-13,15-16H2,1-4H3,(H2,27,28,32). The average molecular weight is 467 g/mol. The van der Waals surface area contributed by atoms with Gasteiger partial charge < -0.3 is 25.0 Å². The Kier molecular flexibility index (Phi) is 7.26. The van der Waals surface area contributed by atoms with E-state index in [4.69, 9.17) is 9.47 Å². The maximum atomic E-state index is 13.3. The van der Waals surface area contributed by atoms with Crippen molar-refractivity contribution in [3.63, 3.8) is 0 Å². The molecule has 182 valence electrons. The molecule has 34 heavy (non-hydrogen) atoms. The summed E-state index contributed by atoms with van der Waals surface area (Å²) in [6.45, 7) is 11.7. The van der Waals surface area contributed by atoms with Gasteiger partial charge in [0, 0.05) is 38.4 Å². The molecule has 3 amide bonds. The van der Waals surface area contributed by atoms with E-state index < -0.39 is 6.04 Å². The van der Waals surface area contributed by atoms with E-state index in [1.54, 1.807) is 0 Å². The van der Waals surface area contributed by atoms with E-state index in [2.05, 4.69) is 21.6 Å². The highest BCUT2D eigenvalue weighted by molar-refractivity contribution is 5.95. The molecule has 0 radical (unpaired) electrons. The predicted octanol–water partition coefficient (Wildman–Crippen LogP) is 3.52. The summed E-state index contributed by atoms with van der Waals surface area (Å²) in [4.78, 5) is 30.2. The van der Waals surface area contributed by atoms with Gasteiger partial charge in [-0.15, -0.1) is 0 Å². The van der Waals surface area contributed by atoms with Gasteiger partial charge in [0.25, 0.3) is 0 Å². The number of nitrogens with one attached hydrogen (secondary N) is 2. The molecular formula is C26H34N4O4. The summed E-state index contributed by atoms with van der Waals surface area (Å²) in [5.41, 5.74) is 3.92. The number of aryl methyl sites for hydroxylation is 2. The van der Waals surface area contributed by atoms with Gasteiger partial charge in [0.1, 0.15) is 6.04 Å². The van der Waals surface area contributed by atoms with Crippen LogP contribution in [0.25, 0.3) is 0 Å². The first-order chi connectivity index (χ1) is 16.3. The van der Waals surface area contributed by atoms with Crippen molar-refractivity contribution in [2.45, 2.75) is 40.3 Å².